The molecule has 0 aliphatic carbocycles. The summed E-state index contributed by atoms with van der Waals surface area (Å²) in [5.41, 5.74) is 7.89. The van der Waals surface area contributed by atoms with Crippen LogP contribution in [0.4, 0.5) is 4.39 Å². The van der Waals surface area contributed by atoms with Crippen molar-refractivity contribution in [2.75, 3.05) is 0 Å². The number of nitrogens with two attached hydrogens (primary N) is 2. The van der Waals surface area contributed by atoms with E-state index in [4.69, 9.17) is 11.1 Å². The van der Waals surface area contributed by atoms with Crippen molar-refractivity contribution in [3.05, 3.63) is 47.8 Å². The third-order valence-electron chi connectivity index (χ3n) is 3.03. The number of benzene rings is 2. The molecule has 0 atom stereocenters. The van der Waals surface area contributed by atoms with Crippen LogP contribution < -0.4 is 11.1 Å². The van der Waals surface area contributed by atoms with Crippen LogP contribution in [0.2, 0.25) is 0 Å². The molecule has 1 heterocycles. The van der Waals surface area contributed by atoms with Crippen LogP contribution in [0.25, 0.3) is 22.4 Å². The lowest BCUT2D eigenvalue weighted by atomic mass is 10.2. The largest absolute Gasteiger partial charge is 0.507 e. The summed E-state index contributed by atoms with van der Waals surface area (Å²) in [6, 6.07) is 8.93. The smallest absolute Gasteiger partial charge is 0.270 e. The maximum Gasteiger partial charge on any atom is 0.270 e. The van der Waals surface area contributed by atoms with Crippen LogP contribution in [0.5, 0.6) is 5.75 Å². The molecule has 0 aliphatic heterocycles. The van der Waals surface area contributed by atoms with Gasteiger partial charge in [-0.2, -0.15) is 0 Å². The van der Waals surface area contributed by atoms with Gasteiger partial charge in [-0.05, 0) is 36.4 Å². The van der Waals surface area contributed by atoms with E-state index >= 15 is 0 Å². The Morgan fingerprint density at radius 2 is 2.05 bits per heavy atom. The predicted molar refractivity (Wildman–Crippen MR) is 73.4 cm³/mol. The third kappa shape index (κ3) is 1.97. The van der Waals surface area contributed by atoms with Crippen molar-refractivity contribution in [2.45, 2.75) is 0 Å². The lowest BCUT2D eigenvalue weighted by Gasteiger charge is -2.00. The van der Waals surface area contributed by atoms with Crippen LogP contribution >= 0.6 is 0 Å². The SMILES string of the molecule is NC(=[NH2+])c1ccc2nc(-c3cc(F)ccc3O)[nH]c2c1. The quantitative estimate of drug-likeness (QED) is 0.404. The lowest BCUT2D eigenvalue weighted by molar-refractivity contribution is -0.114. The first-order valence-electron chi connectivity index (χ1n) is 5.91. The van der Waals surface area contributed by atoms with Gasteiger partial charge in [-0.25, -0.2) is 9.37 Å². The molecule has 1 aromatic heterocycles. The Balaban J connectivity index is 2.17. The molecule has 3 rings (SSSR count). The van der Waals surface area contributed by atoms with Crippen molar-refractivity contribution in [1.29, 1.82) is 0 Å². The summed E-state index contributed by atoms with van der Waals surface area (Å²) in [5, 5.41) is 15.3. The van der Waals surface area contributed by atoms with E-state index in [0.29, 0.717) is 28.0 Å². The average Bonchev–Trinajstić information content (AvgIpc) is 2.83. The number of imidazole rings is 1. The zero-order valence-corrected chi connectivity index (χ0v) is 10.4. The van der Waals surface area contributed by atoms with Crippen molar-refractivity contribution in [1.82, 2.24) is 9.97 Å². The summed E-state index contributed by atoms with van der Waals surface area (Å²) in [5.74, 6) is 0.0930. The Morgan fingerprint density at radius 1 is 1.25 bits per heavy atom. The summed E-state index contributed by atoms with van der Waals surface area (Å²) in [6.45, 7) is 0. The zero-order chi connectivity index (χ0) is 14.3. The van der Waals surface area contributed by atoms with Crippen LogP contribution in [0.1, 0.15) is 5.56 Å². The second-order valence-corrected chi connectivity index (χ2v) is 4.43. The number of halogens is 1. The van der Waals surface area contributed by atoms with Gasteiger partial charge in [0.05, 0.1) is 22.2 Å². The molecule has 5 nitrogen and oxygen atoms in total. The Labute approximate surface area is 113 Å². The minimum atomic E-state index is -0.446. The van der Waals surface area contributed by atoms with Crippen molar-refractivity contribution in [3.8, 4) is 17.1 Å². The molecule has 2 aromatic carbocycles. The summed E-state index contributed by atoms with van der Waals surface area (Å²) in [4.78, 5) is 7.33. The number of amidine groups is 1. The van der Waals surface area contributed by atoms with E-state index in [9.17, 15) is 9.50 Å². The van der Waals surface area contributed by atoms with Crippen LogP contribution in [0.3, 0.4) is 0 Å². The van der Waals surface area contributed by atoms with Gasteiger partial charge in [0.25, 0.3) is 5.84 Å². The highest BCUT2D eigenvalue weighted by Gasteiger charge is 2.12. The Kier molecular flexibility index (Phi) is 2.64. The molecular weight excluding hydrogens is 259 g/mol. The summed E-state index contributed by atoms with van der Waals surface area (Å²) in [7, 11) is 0. The molecular formula is C14H12FN4O+. The average molecular weight is 271 g/mol. The number of aromatic nitrogens is 2. The van der Waals surface area contributed by atoms with E-state index in [2.05, 4.69) is 9.97 Å². The number of nitrogens with zero attached hydrogens (tertiary/aromatic N) is 1. The molecule has 6 heteroatoms. The number of aromatic hydroxyl groups is 1. The number of phenolic OH excluding ortho intramolecular Hbond substituents is 1. The molecule has 100 valence electrons. The predicted octanol–water partition coefficient (Wildman–Crippen LogP) is 0.539. The summed E-state index contributed by atoms with van der Waals surface area (Å²) < 4.78 is 13.3. The van der Waals surface area contributed by atoms with Gasteiger partial charge in [0.15, 0.2) is 0 Å². The number of H-pyrrole nitrogens is 1. The molecule has 0 spiro atoms. The van der Waals surface area contributed by atoms with Gasteiger partial charge in [0, 0.05) is 0 Å². The Bertz CT molecular complexity index is 825. The molecule has 0 unspecified atom stereocenters. The van der Waals surface area contributed by atoms with Crippen molar-refractivity contribution >= 4 is 16.9 Å². The normalized spacial score (nSPS) is 10.8. The maximum absolute atomic E-state index is 13.3. The van der Waals surface area contributed by atoms with Gasteiger partial charge >= 0.3 is 0 Å². The number of fused-ring (bicyclic) bond motifs is 1. The van der Waals surface area contributed by atoms with E-state index in [1.165, 1.54) is 18.2 Å². The molecule has 0 amide bonds. The number of rotatable bonds is 2. The first kappa shape index (κ1) is 12.2. The fourth-order valence-electron chi connectivity index (χ4n) is 2.01. The minimum absolute atomic E-state index is 0.0458. The first-order chi connectivity index (χ1) is 9.54. The van der Waals surface area contributed by atoms with Crippen molar-refractivity contribution in [2.24, 2.45) is 5.73 Å². The number of aromatic amines is 1. The minimum Gasteiger partial charge on any atom is -0.507 e. The van der Waals surface area contributed by atoms with Gasteiger partial charge < -0.3 is 10.1 Å². The molecule has 0 saturated carbocycles. The van der Waals surface area contributed by atoms with Crippen LogP contribution in [0, 0.1) is 5.82 Å². The highest BCUT2D eigenvalue weighted by atomic mass is 19.1. The topological polar surface area (TPSA) is 101 Å². The van der Waals surface area contributed by atoms with E-state index in [-0.39, 0.29) is 11.6 Å². The van der Waals surface area contributed by atoms with E-state index < -0.39 is 5.82 Å². The number of hydrogen-bond acceptors (Lipinski definition) is 2. The molecule has 0 aliphatic rings. The highest BCUT2D eigenvalue weighted by Crippen LogP contribution is 2.29. The van der Waals surface area contributed by atoms with Gasteiger partial charge in [0.2, 0.25) is 0 Å². The Morgan fingerprint density at radius 3 is 2.80 bits per heavy atom. The summed E-state index contributed by atoms with van der Waals surface area (Å²) >= 11 is 0. The van der Waals surface area contributed by atoms with Gasteiger partial charge in [-0.15, -0.1) is 0 Å². The third-order valence-corrected chi connectivity index (χ3v) is 3.03. The highest BCUT2D eigenvalue weighted by molar-refractivity contribution is 5.96. The standard InChI is InChI=1S/C14H11FN4O/c15-8-2-4-12(20)9(6-8)14-18-10-3-1-7(13(16)17)5-11(10)19-14/h1-6,20H,(H3,16,17)(H,18,19)/p+1. The fraction of sp³-hybridized carbons (Fsp3) is 0. The second kappa shape index (κ2) is 4.34. The van der Waals surface area contributed by atoms with E-state index in [1.807, 2.05) is 0 Å². The number of nitrogens with one attached hydrogen (secondary N) is 1. The maximum atomic E-state index is 13.3. The number of phenols is 1. The molecule has 3 aromatic rings. The molecule has 0 fully saturated rings. The van der Waals surface area contributed by atoms with Crippen LogP contribution in [-0.2, 0) is 0 Å². The van der Waals surface area contributed by atoms with Crippen molar-refractivity contribution < 1.29 is 14.9 Å². The van der Waals surface area contributed by atoms with E-state index in [1.54, 1.807) is 18.2 Å². The fourth-order valence-corrected chi connectivity index (χ4v) is 2.01. The molecule has 0 bridgehead atoms. The van der Waals surface area contributed by atoms with Crippen LogP contribution in [0.15, 0.2) is 36.4 Å². The monoisotopic (exact) mass is 271 g/mol. The first-order valence-corrected chi connectivity index (χ1v) is 5.91. The van der Waals surface area contributed by atoms with Gasteiger partial charge in [-0.3, -0.25) is 11.1 Å². The van der Waals surface area contributed by atoms with Gasteiger partial charge in [0.1, 0.15) is 17.4 Å². The molecule has 0 saturated heterocycles. The lowest BCUT2D eigenvalue weighted by Crippen LogP contribution is -2.46. The number of hydrogen-bond donors (Lipinski definition) is 4. The Hall–Kier alpha value is -2.89. The molecule has 20 heavy (non-hydrogen) atoms. The van der Waals surface area contributed by atoms with E-state index in [0.717, 1.165) is 0 Å². The summed E-state index contributed by atoms with van der Waals surface area (Å²) in [6.07, 6.45) is 0. The molecule has 0 radical (unpaired) electrons. The van der Waals surface area contributed by atoms with Crippen molar-refractivity contribution in [3.63, 3.8) is 0 Å². The van der Waals surface area contributed by atoms with Crippen LogP contribution in [-0.4, -0.2) is 20.9 Å². The molecule has 6 N–H and O–H groups in total. The van der Waals surface area contributed by atoms with Gasteiger partial charge in [-0.1, -0.05) is 0 Å². The second-order valence-electron chi connectivity index (χ2n) is 4.43. The zero-order valence-electron chi connectivity index (χ0n) is 10.4.